The number of pyridine rings is 1. The summed E-state index contributed by atoms with van der Waals surface area (Å²) in [6.45, 7) is 3.44. The van der Waals surface area contributed by atoms with E-state index in [2.05, 4.69) is 10.3 Å². The lowest BCUT2D eigenvalue weighted by Crippen LogP contribution is -2.46. The Morgan fingerprint density at radius 2 is 1.88 bits per heavy atom. The van der Waals surface area contributed by atoms with Gasteiger partial charge in [-0.25, -0.2) is 4.98 Å². The van der Waals surface area contributed by atoms with Crippen molar-refractivity contribution >= 4 is 11.8 Å². The lowest BCUT2D eigenvalue weighted by molar-refractivity contribution is 0.0337. The summed E-state index contributed by atoms with van der Waals surface area (Å²) in [7, 11) is 1.54. The number of aromatic nitrogens is 1. The highest BCUT2D eigenvalue weighted by Crippen LogP contribution is 2.38. The predicted octanol–water partition coefficient (Wildman–Crippen LogP) is 3.32. The van der Waals surface area contributed by atoms with E-state index in [0.717, 1.165) is 32.1 Å². The third-order valence-electron chi connectivity index (χ3n) is 6.71. The summed E-state index contributed by atoms with van der Waals surface area (Å²) >= 11 is 0. The number of hydrogen-bond acceptors (Lipinski definition) is 6. The molecule has 0 bridgehead atoms. The number of piperidine rings is 1. The highest BCUT2D eigenvalue weighted by atomic mass is 16.5. The first-order valence-corrected chi connectivity index (χ1v) is 12.0. The zero-order valence-corrected chi connectivity index (χ0v) is 19.8. The van der Waals surface area contributed by atoms with Crippen molar-refractivity contribution < 1.29 is 23.8 Å². The first-order valence-electron chi connectivity index (χ1n) is 12.0. The van der Waals surface area contributed by atoms with Gasteiger partial charge in [0.2, 0.25) is 5.88 Å². The van der Waals surface area contributed by atoms with Crippen LogP contribution in [-0.2, 0) is 4.74 Å². The average Bonchev–Trinajstić information content (AvgIpc) is 2.89. The smallest absolute Gasteiger partial charge is 0.272 e. The Labute approximate surface area is 200 Å². The summed E-state index contributed by atoms with van der Waals surface area (Å²) in [6.07, 6.45) is 4.64. The zero-order chi connectivity index (χ0) is 23.8. The molecular formula is C26H33N3O5. The number of likely N-dealkylation sites (tertiary alicyclic amines) is 1. The molecule has 2 aliphatic heterocycles. The van der Waals surface area contributed by atoms with Gasteiger partial charge in [-0.1, -0.05) is 24.6 Å². The fourth-order valence-electron chi connectivity index (χ4n) is 4.61. The third-order valence-corrected chi connectivity index (χ3v) is 6.71. The molecule has 1 N–H and O–H groups in total. The summed E-state index contributed by atoms with van der Waals surface area (Å²) in [5, 5.41) is 2.90. The standard InChI is InChI=1S/C26H33N3O5/c1-32-23-10-6-8-21(28-23)25(31)29-15-12-26(13-16-29)11-4-5-17-33-18-14-27-24(30)20-7-2-3-9-22(20)34-19-26/h2-3,6-10H,4-5,11-19H2,1H3,(H,27,30). The zero-order valence-electron chi connectivity index (χ0n) is 19.8. The van der Waals surface area contributed by atoms with Crippen LogP contribution in [0.5, 0.6) is 11.6 Å². The van der Waals surface area contributed by atoms with Crippen molar-refractivity contribution in [3.05, 3.63) is 53.7 Å². The lowest BCUT2D eigenvalue weighted by atomic mass is 9.75. The quantitative estimate of drug-likeness (QED) is 0.729. The highest BCUT2D eigenvalue weighted by Gasteiger charge is 2.37. The van der Waals surface area contributed by atoms with Crippen LogP contribution < -0.4 is 14.8 Å². The number of nitrogens with zero attached hydrogens (tertiary/aromatic N) is 2. The number of amides is 2. The van der Waals surface area contributed by atoms with Crippen molar-refractivity contribution in [3.63, 3.8) is 0 Å². The van der Waals surface area contributed by atoms with E-state index in [4.69, 9.17) is 14.2 Å². The molecule has 2 amide bonds. The largest absolute Gasteiger partial charge is 0.492 e. The van der Waals surface area contributed by atoms with E-state index in [0.29, 0.717) is 62.3 Å². The molecule has 34 heavy (non-hydrogen) atoms. The van der Waals surface area contributed by atoms with Crippen molar-refractivity contribution in [2.75, 3.05) is 46.6 Å². The topological polar surface area (TPSA) is 90.0 Å². The van der Waals surface area contributed by atoms with Crippen molar-refractivity contribution in [1.82, 2.24) is 15.2 Å². The lowest BCUT2D eigenvalue weighted by Gasteiger charge is -2.42. The maximum absolute atomic E-state index is 13.0. The number of fused-ring (bicyclic) bond motifs is 1. The molecule has 0 atom stereocenters. The molecule has 0 aliphatic carbocycles. The molecule has 4 rings (SSSR count). The van der Waals surface area contributed by atoms with Crippen LogP contribution in [0.3, 0.4) is 0 Å². The molecule has 8 heteroatoms. The average molecular weight is 468 g/mol. The molecule has 0 radical (unpaired) electrons. The van der Waals surface area contributed by atoms with Crippen molar-refractivity contribution in [3.8, 4) is 11.6 Å². The Balaban J connectivity index is 1.47. The van der Waals surface area contributed by atoms with Crippen LogP contribution in [0.4, 0.5) is 0 Å². The van der Waals surface area contributed by atoms with Gasteiger partial charge >= 0.3 is 0 Å². The molecule has 0 unspecified atom stereocenters. The molecule has 3 heterocycles. The van der Waals surface area contributed by atoms with Gasteiger partial charge in [0.25, 0.3) is 11.8 Å². The van der Waals surface area contributed by atoms with Crippen LogP contribution in [0.15, 0.2) is 42.5 Å². The van der Waals surface area contributed by atoms with Gasteiger partial charge in [-0.15, -0.1) is 0 Å². The maximum Gasteiger partial charge on any atom is 0.272 e. The second-order valence-electron chi connectivity index (χ2n) is 8.97. The van der Waals surface area contributed by atoms with E-state index in [1.165, 1.54) is 0 Å². The number of benzene rings is 1. The van der Waals surface area contributed by atoms with Gasteiger partial charge in [0, 0.05) is 37.7 Å². The van der Waals surface area contributed by atoms with E-state index >= 15 is 0 Å². The minimum atomic E-state index is -0.156. The van der Waals surface area contributed by atoms with Gasteiger partial charge in [0.15, 0.2) is 0 Å². The number of ether oxygens (including phenoxy) is 3. The Bertz CT molecular complexity index is 988. The summed E-state index contributed by atoms with van der Waals surface area (Å²) in [4.78, 5) is 31.8. The SMILES string of the molecule is COc1cccc(C(=O)N2CCC3(CCCCOCCNC(=O)c4ccccc4OC3)CC2)n1. The predicted molar refractivity (Wildman–Crippen MR) is 127 cm³/mol. The second-order valence-corrected chi connectivity index (χ2v) is 8.97. The second kappa shape index (κ2) is 11.3. The third kappa shape index (κ3) is 5.86. The molecule has 1 saturated heterocycles. The molecule has 8 nitrogen and oxygen atoms in total. The number of rotatable bonds is 2. The van der Waals surface area contributed by atoms with Gasteiger partial charge in [0.05, 0.1) is 25.9 Å². The number of methoxy groups -OCH3 is 1. The van der Waals surface area contributed by atoms with Gasteiger partial charge in [-0.3, -0.25) is 9.59 Å². The monoisotopic (exact) mass is 467 g/mol. The summed E-state index contributed by atoms with van der Waals surface area (Å²) in [5.41, 5.74) is 0.868. The molecule has 2 aliphatic rings. The van der Waals surface area contributed by atoms with Crippen LogP contribution in [0.25, 0.3) is 0 Å². The first kappa shape index (κ1) is 24.0. The Morgan fingerprint density at radius 1 is 1.06 bits per heavy atom. The van der Waals surface area contributed by atoms with E-state index in [1.54, 1.807) is 31.4 Å². The molecule has 1 aromatic carbocycles. The minimum Gasteiger partial charge on any atom is -0.492 e. The number of para-hydroxylation sites is 1. The van der Waals surface area contributed by atoms with E-state index in [9.17, 15) is 9.59 Å². The van der Waals surface area contributed by atoms with E-state index in [-0.39, 0.29) is 17.2 Å². The van der Waals surface area contributed by atoms with Crippen LogP contribution in [0.2, 0.25) is 0 Å². The number of carbonyl (C=O) groups excluding carboxylic acids is 2. The van der Waals surface area contributed by atoms with Crippen LogP contribution in [0, 0.1) is 5.41 Å². The fraction of sp³-hybridized carbons (Fsp3) is 0.500. The highest BCUT2D eigenvalue weighted by molar-refractivity contribution is 5.96. The van der Waals surface area contributed by atoms with Gasteiger partial charge in [0.1, 0.15) is 11.4 Å². The van der Waals surface area contributed by atoms with Crippen LogP contribution in [0.1, 0.15) is 53.0 Å². The fourth-order valence-corrected chi connectivity index (χ4v) is 4.61. The van der Waals surface area contributed by atoms with Crippen LogP contribution in [-0.4, -0.2) is 68.3 Å². The van der Waals surface area contributed by atoms with Crippen molar-refractivity contribution in [2.45, 2.75) is 32.1 Å². The van der Waals surface area contributed by atoms with Crippen molar-refractivity contribution in [1.29, 1.82) is 0 Å². The van der Waals surface area contributed by atoms with Crippen LogP contribution >= 0.6 is 0 Å². The Morgan fingerprint density at radius 3 is 2.71 bits per heavy atom. The summed E-state index contributed by atoms with van der Waals surface area (Å²) < 4.78 is 17.1. The molecule has 0 saturated carbocycles. The molecular weight excluding hydrogens is 434 g/mol. The molecule has 2 aromatic rings. The molecule has 1 aromatic heterocycles. The number of nitrogens with one attached hydrogen (secondary N) is 1. The summed E-state index contributed by atoms with van der Waals surface area (Å²) in [6, 6.07) is 12.6. The molecule has 182 valence electrons. The first-order chi connectivity index (χ1) is 16.6. The normalized spacial score (nSPS) is 19.3. The minimum absolute atomic E-state index is 0.0632. The van der Waals surface area contributed by atoms with E-state index < -0.39 is 0 Å². The maximum atomic E-state index is 13.0. The molecule has 1 fully saturated rings. The van der Waals surface area contributed by atoms with Gasteiger partial charge < -0.3 is 24.4 Å². The van der Waals surface area contributed by atoms with E-state index in [1.807, 2.05) is 23.1 Å². The van der Waals surface area contributed by atoms with Crippen molar-refractivity contribution in [2.24, 2.45) is 5.41 Å². The molecule has 1 spiro atoms. The summed E-state index contributed by atoms with van der Waals surface area (Å²) in [5.74, 6) is 0.794. The Kier molecular flexibility index (Phi) is 8.00. The number of hydrogen-bond donors (Lipinski definition) is 1. The Hall–Kier alpha value is -3.13. The number of carbonyl (C=O) groups is 2. The van der Waals surface area contributed by atoms with Gasteiger partial charge in [-0.2, -0.15) is 0 Å². The van der Waals surface area contributed by atoms with Gasteiger partial charge in [-0.05, 0) is 43.9 Å².